The molecule has 0 fully saturated rings. The number of rotatable bonds is 59. The van der Waals surface area contributed by atoms with Crippen LogP contribution in [0.3, 0.4) is 0 Å². The molecule has 0 aromatic carbocycles. The summed E-state index contributed by atoms with van der Waals surface area (Å²) in [6, 6.07) is 0. The van der Waals surface area contributed by atoms with E-state index in [1.165, 1.54) is 193 Å². The molecule has 434 valence electrons. The van der Waals surface area contributed by atoms with Crippen molar-refractivity contribution >= 4 is 17.9 Å². The first-order valence-electron chi connectivity index (χ1n) is 32.4. The van der Waals surface area contributed by atoms with Gasteiger partial charge in [-0.15, -0.1) is 0 Å². The second-order valence-electron chi connectivity index (χ2n) is 21.6. The van der Waals surface area contributed by atoms with Gasteiger partial charge in [-0.05, 0) is 89.9 Å². The fourth-order valence-corrected chi connectivity index (χ4v) is 9.35. The van der Waals surface area contributed by atoms with Crippen LogP contribution in [0.15, 0.2) is 72.9 Å². The predicted molar refractivity (Wildman–Crippen MR) is 325 cm³/mol. The van der Waals surface area contributed by atoms with Crippen LogP contribution in [0.5, 0.6) is 0 Å². The Bertz CT molecular complexity index is 1390. The molecule has 0 aliphatic rings. The van der Waals surface area contributed by atoms with Crippen LogP contribution < -0.4 is 0 Å². The summed E-state index contributed by atoms with van der Waals surface area (Å²) in [6.45, 7) is 6.49. The lowest BCUT2D eigenvalue weighted by atomic mass is 10.0. The number of carbonyl (C=O) groups excluding carboxylic acids is 3. The monoisotopic (exact) mass is 1050 g/mol. The summed E-state index contributed by atoms with van der Waals surface area (Å²) in [6.07, 6.45) is 82.4. The van der Waals surface area contributed by atoms with E-state index in [1.807, 2.05) is 0 Å². The molecule has 6 heteroatoms. The van der Waals surface area contributed by atoms with Crippen LogP contribution >= 0.6 is 0 Å². The van der Waals surface area contributed by atoms with Crippen molar-refractivity contribution in [2.45, 2.75) is 335 Å². The van der Waals surface area contributed by atoms with E-state index < -0.39 is 6.10 Å². The third-order valence-electron chi connectivity index (χ3n) is 14.2. The number of unbranched alkanes of at least 4 members (excludes halogenated alkanes) is 36. The average Bonchev–Trinajstić information content (AvgIpc) is 3.41. The topological polar surface area (TPSA) is 78.9 Å². The van der Waals surface area contributed by atoms with Gasteiger partial charge in [0.25, 0.3) is 0 Å². The lowest BCUT2D eigenvalue weighted by Crippen LogP contribution is -2.30. The van der Waals surface area contributed by atoms with Crippen LogP contribution in [0.4, 0.5) is 0 Å². The Hall–Kier alpha value is -3.15. The highest BCUT2D eigenvalue weighted by Crippen LogP contribution is 2.17. The van der Waals surface area contributed by atoms with E-state index in [9.17, 15) is 14.4 Å². The molecule has 0 aliphatic heterocycles. The van der Waals surface area contributed by atoms with E-state index in [0.29, 0.717) is 19.3 Å². The van der Waals surface area contributed by atoms with Crippen LogP contribution in [-0.4, -0.2) is 37.2 Å². The smallest absolute Gasteiger partial charge is 0.306 e. The molecule has 75 heavy (non-hydrogen) atoms. The quantitative estimate of drug-likeness (QED) is 0.0261. The Morgan fingerprint density at radius 1 is 0.280 bits per heavy atom. The summed E-state index contributed by atoms with van der Waals surface area (Å²) in [5, 5.41) is 0. The van der Waals surface area contributed by atoms with E-state index in [1.54, 1.807) is 0 Å². The first-order chi connectivity index (χ1) is 37.0. The van der Waals surface area contributed by atoms with Gasteiger partial charge in [0.2, 0.25) is 0 Å². The van der Waals surface area contributed by atoms with Gasteiger partial charge in [0, 0.05) is 19.3 Å². The van der Waals surface area contributed by atoms with Crippen molar-refractivity contribution in [2.75, 3.05) is 13.2 Å². The zero-order valence-corrected chi connectivity index (χ0v) is 49.8. The summed E-state index contributed by atoms with van der Waals surface area (Å²) in [5.74, 6) is -0.913. The fraction of sp³-hybridized carbons (Fsp3) is 0.783. The van der Waals surface area contributed by atoms with Crippen LogP contribution in [0.2, 0.25) is 0 Å². The second kappa shape index (κ2) is 63.4. The normalized spacial score (nSPS) is 12.5. The van der Waals surface area contributed by atoms with Gasteiger partial charge >= 0.3 is 17.9 Å². The molecular formula is C69H122O6. The van der Waals surface area contributed by atoms with E-state index in [4.69, 9.17) is 14.2 Å². The molecule has 0 aromatic rings. The van der Waals surface area contributed by atoms with Crippen molar-refractivity contribution in [1.29, 1.82) is 0 Å². The first kappa shape index (κ1) is 71.8. The number of ether oxygens (including phenoxy) is 3. The number of hydrogen-bond donors (Lipinski definition) is 0. The Kier molecular flexibility index (Phi) is 60.7. The summed E-state index contributed by atoms with van der Waals surface area (Å²) in [5.41, 5.74) is 0. The van der Waals surface area contributed by atoms with E-state index >= 15 is 0 Å². The number of carbonyl (C=O) groups is 3. The summed E-state index contributed by atoms with van der Waals surface area (Å²) in [4.78, 5) is 38.0. The maximum Gasteiger partial charge on any atom is 0.306 e. The fourth-order valence-electron chi connectivity index (χ4n) is 9.35. The van der Waals surface area contributed by atoms with Crippen LogP contribution in [0, 0.1) is 0 Å². The molecule has 0 amide bonds. The molecule has 0 bridgehead atoms. The molecule has 0 rings (SSSR count). The number of allylic oxidation sites excluding steroid dienone is 12. The van der Waals surface area contributed by atoms with Crippen molar-refractivity contribution in [3.8, 4) is 0 Å². The molecule has 6 nitrogen and oxygen atoms in total. The van der Waals surface area contributed by atoms with Crippen molar-refractivity contribution in [1.82, 2.24) is 0 Å². The van der Waals surface area contributed by atoms with Gasteiger partial charge in [-0.2, -0.15) is 0 Å². The van der Waals surface area contributed by atoms with Crippen molar-refractivity contribution in [3.05, 3.63) is 72.9 Å². The maximum atomic E-state index is 12.8. The SMILES string of the molecule is CC/C=C\C/C=C\C/C=C\C/C=C\C/C=C\CCCCCC(=O)OC(COC(=O)CCCCCCCCC)COC(=O)CCCCCCCCCCCCCCCCCCCCC/C=C\CCCCCCCCCC. The molecule has 0 saturated heterocycles. The molecule has 0 heterocycles. The average molecular weight is 1050 g/mol. The van der Waals surface area contributed by atoms with Gasteiger partial charge in [-0.25, -0.2) is 0 Å². The Morgan fingerprint density at radius 3 is 0.840 bits per heavy atom. The third kappa shape index (κ3) is 61.6. The molecule has 0 aromatic heterocycles. The lowest BCUT2D eigenvalue weighted by Gasteiger charge is -2.18. The van der Waals surface area contributed by atoms with Crippen LogP contribution in [-0.2, 0) is 28.6 Å². The highest BCUT2D eigenvalue weighted by Gasteiger charge is 2.19. The third-order valence-corrected chi connectivity index (χ3v) is 14.2. The highest BCUT2D eigenvalue weighted by molar-refractivity contribution is 5.71. The minimum atomic E-state index is -0.789. The standard InChI is InChI=1S/C69H122O6/c1-4-7-10-13-16-18-20-22-24-26-28-29-30-31-32-33-34-35-36-37-38-39-41-42-44-46-48-50-53-56-59-62-68(71)74-65-66(64-73-67(70)61-58-55-52-15-12-9-6-3)75-69(72)63-60-57-54-51-49-47-45-43-40-27-25-23-21-19-17-14-11-8-5-2/h8,11,17,19,23,25-26,28,40,43,47,49,66H,4-7,9-10,12-16,18,20-22,24,27,29-39,41-42,44-46,48,50-65H2,1-3H3/b11-8-,19-17-,25-23-,28-26-,43-40-,49-47-. The van der Waals surface area contributed by atoms with Gasteiger partial charge in [0.1, 0.15) is 13.2 Å². The number of esters is 3. The largest absolute Gasteiger partial charge is 0.462 e. The van der Waals surface area contributed by atoms with Gasteiger partial charge in [0.05, 0.1) is 0 Å². The van der Waals surface area contributed by atoms with E-state index in [-0.39, 0.29) is 31.1 Å². The highest BCUT2D eigenvalue weighted by atomic mass is 16.6. The lowest BCUT2D eigenvalue weighted by molar-refractivity contribution is -0.167. The molecule has 0 aliphatic carbocycles. The van der Waals surface area contributed by atoms with E-state index in [2.05, 4.69) is 93.7 Å². The Morgan fingerprint density at radius 2 is 0.520 bits per heavy atom. The molecule has 0 radical (unpaired) electrons. The van der Waals surface area contributed by atoms with Gasteiger partial charge < -0.3 is 14.2 Å². The molecular weight excluding hydrogens is 925 g/mol. The molecule has 1 unspecified atom stereocenters. The van der Waals surface area contributed by atoms with Gasteiger partial charge in [0.15, 0.2) is 6.10 Å². The van der Waals surface area contributed by atoms with Crippen molar-refractivity contribution < 1.29 is 28.6 Å². The second-order valence-corrected chi connectivity index (χ2v) is 21.6. The minimum absolute atomic E-state index is 0.0859. The van der Waals surface area contributed by atoms with Gasteiger partial charge in [-0.3, -0.25) is 14.4 Å². The summed E-state index contributed by atoms with van der Waals surface area (Å²) < 4.78 is 16.8. The molecule has 0 spiro atoms. The maximum absolute atomic E-state index is 12.8. The Balaban J connectivity index is 4.07. The zero-order chi connectivity index (χ0) is 54.3. The summed E-state index contributed by atoms with van der Waals surface area (Å²) in [7, 11) is 0. The Labute approximate surface area is 465 Å². The van der Waals surface area contributed by atoms with Crippen LogP contribution in [0.1, 0.15) is 329 Å². The van der Waals surface area contributed by atoms with E-state index in [0.717, 1.165) is 96.3 Å². The minimum Gasteiger partial charge on any atom is -0.462 e. The first-order valence-corrected chi connectivity index (χ1v) is 32.4. The summed E-state index contributed by atoms with van der Waals surface area (Å²) >= 11 is 0. The number of hydrogen-bond acceptors (Lipinski definition) is 6. The molecule has 1 atom stereocenters. The predicted octanol–water partition coefficient (Wildman–Crippen LogP) is 22.1. The molecule has 0 saturated carbocycles. The molecule has 0 N–H and O–H groups in total. The van der Waals surface area contributed by atoms with Crippen molar-refractivity contribution in [2.24, 2.45) is 0 Å². The van der Waals surface area contributed by atoms with Crippen molar-refractivity contribution in [3.63, 3.8) is 0 Å². The van der Waals surface area contributed by atoms with Gasteiger partial charge in [-0.1, -0.05) is 293 Å². The zero-order valence-electron chi connectivity index (χ0n) is 49.8. The van der Waals surface area contributed by atoms with Crippen LogP contribution in [0.25, 0.3) is 0 Å².